The summed E-state index contributed by atoms with van der Waals surface area (Å²) in [6, 6.07) is 12.6. The van der Waals surface area contributed by atoms with Gasteiger partial charge in [-0.2, -0.15) is 5.26 Å². The van der Waals surface area contributed by atoms with Crippen LogP contribution in [0.3, 0.4) is 0 Å². The zero-order valence-electron chi connectivity index (χ0n) is 13.0. The number of likely N-dealkylation sites (tertiary alicyclic amines) is 1. The van der Waals surface area contributed by atoms with Gasteiger partial charge in [-0.05, 0) is 24.3 Å². The van der Waals surface area contributed by atoms with Crippen molar-refractivity contribution in [2.75, 3.05) is 13.1 Å². The Kier molecular flexibility index (Phi) is 4.97. The van der Waals surface area contributed by atoms with Gasteiger partial charge in [-0.25, -0.2) is 4.98 Å². The van der Waals surface area contributed by atoms with E-state index in [4.69, 9.17) is 21.6 Å². The SMILES string of the molecule is N#Cc1ccc(C(=O)N2CCC(Oc3ccccc3Cl)CC2)nc1. The van der Waals surface area contributed by atoms with Crippen molar-refractivity contribution in [2.24, 2.45) is 0 Å². The molecule has 0 N–H and O–H groups in total. The van der Waals surface area contributed by atoms with Crippen LogP contribution in [-0.2, 0) is 0 Å². The maximum Gasteiger partial charge on any atom is 0.272 e. The molecule has 0 saturated carbocycles. The standard InChI is InChI=1S/C18H16ClN3O2/c19-15-3-1-2-4-17(15)24-14-7-9-22(10-8-14)18(23)16-6-5-13(11-20)12-21-16/h1-6,12,14H,7-10H2. The fourth-order valence-corrected chi connectivity index (χ4v) is 2.83. The molecule has 0 spiro atoms. The fourth-order valence-electron chi connectivity index (χ4n) is 2.65. The first kappa shape index (κ1) is 16.3. The molecule has 1 aromatic carbocycles. The summed E-state index contributed by atoms with van der Waals surface area (Å²) in [6.07, 6.45) is 2.95. The third-order valence-electron chi connectivity index (χ3n) is 3.97. The highest BCUT2D eigenvalue weighted by molar-refractivity contribution is 6.32. The van der Waals surface area contributed by atoms with Gasteiger partial charge in [-0.15, -0.1) is 0 Å². The van der Waals surface area contributed by atoms with E-state index in [9.17, 15) is 4.79 Å². The first-order valence-corrected chi connectivity index (χ1v) is 8.12. The van der Waals surface area contributed by atoms with Gasteiger partial charge in [-0.3, -0.25) is 4.79 Å². The number of para-hydroxylation sites is 1. The molecule has 0 bridgehead atoms. The number of amides is 1. The molecule has 6 heteroatoms. The van der Waals surface area contributed by atoms with Gasteiger partial charge in [0.25, 0.3) is 5.91 Å². The van der Waals surface area contributed by atoms with E-state index in [-0.39, 0.29) is 12.0 Å². The molecule has 3 rings (SSSR count). The molecule has 122 valence electrons. The number of halogens is 1. The second-order valence-corrected chi connectivity index (χ2v) is 5.99. The number of aromatic nitrogens is 1. The van der Waals surface area contributed by atoms with Gasteiger partial charge >= 0.3 is 0 Å². The molecule has 1 fully saturated rings. The molecule has 2 aromatic rings. The summed E-state index contributed by atoms with van der Waals surface area (Å²) in [6.45, 7) is 1.21. The molecule has 1 aromatic heterocycles. The number of piperidine rings is 1. The Balaban J connectivity index is 1.57. The molecule has 1 saturated heterocycles. The van der Waals surface area contributed by atoms with Crippen molar-refractivity contribution in [2.45, 2.75) is 18.9 Å². The van der Waals surface area contributed by atoms with E-state index >= 15 is 0 Å². The quantitative estimate of drug-likeness (QED) is 0.859. The first-order chi connectivity index (χ1) is 11.7. The van der Waals surface area contributed by atoms with E-state index in [1.54, 1.807) is 23.1 Å². The van der Waals surface area contributed by atoms with Crippen molar-refractivity contribution < 1.29 is 9.53 Å². The van der Waals surface area contributed by atoms with Gasteiger partial charge in [0.05, 0.1) is 10.6 Å². The Hall–Kier alpha value is -2.58. The first-order valence-electron chi connectivity index (χ1n) is 7.74. The van der Waals surface area contributed by atoms with Crippen molar-refractivity contribution in [3.05, 3.63) is 58.9 Å². The van der Waals surface area contributed by atoms with Crippen LogP contribution in [0.15, 0.2) is 42.6 Å². The van der Waals surface area contributed by atoms with Gasteiger partial charge in [-0.1, -0.05) is 23.7 Å². The molecule has 0 atom stereocenters. The predicted molar refractivity (Wildman–Crippen MR) is 90.0 cm³/mol. The minimum absolute atomic E-state index is 0.0443. The maximum absolute atomic E-state index is 12.4. The summed E-state index contributed by atoms with van der Waals surface area (Å²) in [5.41, 5.74) is 0.804. The van der Waals surface area contributed by atoms with Crippen LogP contribution in [0.4, 0.5) is 0 Å². The van der Waals surface area contributed by atoms with E-state index in [1.807, 2.05) is 24.3 Å². The van der Waals surface area contributed by atoms with Crippen LogP contribution in [0.5, 0.6) is 5.75 Å². The van der Waals surface area contributed by atoms with Crippen LogP contribution in [0.1, 0.15) is 28.9 Å². The van der Waals surface area contributed by atoms with E-state index in [1.165, 1.54) is 6.20 Å². The number of benzene rings is 1. The number of nitriles is 1. The molecule has 0 unspecified atom stereocenters. The lowest BCUT2D eigenvalue weighted by molar-refractivity contribution is 0.0590. The molecule has 24 heavy (non-hydrogen) atoms. The zero-order chi connectivity index (χ0) is 16.9. The summed E-state index contributed by atoms with van der Waals surface area (Å²) >= 11 is 6.11. The lowest BCUT2D eigenvalue weighted by Gasteiger charge is -2.32. The monoisotopic (exact) mass is 341 g/mol. The third-order valence-corrected chi connectivity index (χ3v) is 4.28. The highest BCUT2D eigenvalue weighted by Crippen LogP contribution is 2.27. The second kappa shape index (κ2) is 7.33. The summed E-state index contributed by atoms with van der Waals surface area (Å²) in [7, 11) is 0. The molecular formula is C18H16ClN3O2. The Morgan fingerprint density at radius 2 is 2.00 bits per heavy atom. The van der Waals surface area contributed by atoms with Gasteiger partial charge in [0.15, 0.2) is 0 Å². The average Bonchev–Trinajstić information content (AvgIpc) is 2.64. The fraction of sp³-hybridized carbons (Fsp3) is 0.278. The van der Waals surface area contributed by atoms with Crippen molar-refractivity contribution in [3.63, 3.8) is 0 Å². The number of carbonyl (C=O) groups is 1. The number of pyridine rings is 1. The van der Waals surface area contributed by atoms with Crippen LogP contribution in [0, 0.1) is 11.3 Å². The zero-order valence-corrected chi connectivity index (χ0v) is 13.7. The Labute approximate surface area is 145 Å². The van der Waals surface area contributed by atoms with Crippen LogP contribution in [-0.4, -0.2) is 35.0 Å². The lowest BCUT2D eigenvalue weighted by Crippen LogP contribution is -2.42. The topological polar surface area (TPSA) is 66.2 Å². The summed E-state index contributed by atoms with van der Waals surface area (Å²) < 4.78 is 5.93. The number of hydrogen-bond acceptors (Lipinski definition) is 4. The molecule has 1 aliphatic rings. The van der Waals surface area contributed by atoms with Crippen LogP contribution < -0.4 is 4.74 Å². The van der Waals surface area contributed by atoms with Crippen LogP contribution >= 0.6 is 11.6 Å². The van der Waals surface area contributed by atoms with Crippen molar-refractivity contribution in [3.8, 4) is 11.8 Å². The van der Waals surface area contributed by atoms with E-state index < -0.39 is 0 Å². The molecule has 0 aliphatic carbocycles. The van der Waals surface area contributed by atoms with Gasteiger partial charge < -0.3 is 9.64 Å². The van der Waals surface area contributed by atoms with Crippen LogP contribution in [0.2, 0.25) is 5.02 Å². The predicted octanol–water partition coefficient (Wildman–Crippen LogP) is 3.29. The molecular weight excluding hydrogens is 326 g/mol. The number of ether oxygens (including phenoxy) is 1. The molecule has 5 nitrogen and oxygen atoms in total. The van der Waals surface area contributed by atoms with E-state index in [0.29, 0.717) is 35.1 Å². The largest absolute Gasteiger partial charge is 0.489 e. The average molecular weight is 342 g/mol. The highest BCUT2D eigenvalue weighted by atomic mass is 35.5. The summed E-state index contributed by atoms with van der Waals surface area (Å²) in [5.74, 6) is 0.563. The van der Waals surface area contributed by atoms with Crippen molar-refractivity contribution >= 4 is 17.5 Å². The van der Waals surface area contributed by atoms with Gasteiger partial charge in [0, 0.05) is 32.1 Å². The molecule has 1 aliphatic heterocycles. The van der Waals surface area contributed by atoms with E-state index in [2.05, 4.69) is 4.98 Å². The lowest BCUT2D eigenvalue weighted by atomic mass is 10.1. The number of hydrogen-bond donors (Lipinski definition) is 0. The Morgan fingerprint density at radius 3 is 2.62 bits per heavy atom. The second-order valence-electron chi connectivity index (χ2n) is 5.58. The van der Waals surface area contributed by atoms with Crippen LogP contribution in [0.25, 0.3) is 0 Å². The number of rotatable bonds is 3. The smallest absolute Gasteiger partial charge is 0.272 e. The minimum atomic E-state index is -0.115. The summed E-state index contributed by atoms with van der Waals surface area (Å²) in [5, 5.41) is 9.37. The Bertz CT molecular complexity index is 763. The molecule has 0 radical (unpaired) electrons. The normalized spacial score (nSPS) is 14.9. The minimum Gasteiger partial charge on any atom is -0.489 e. The molecule has 1 amide bonds. The van der Waals surface area contributed by atoms with Crippen molar-refractivity contribution in [1.82, 2.24) is 9.88 Å². The van der Waals surface area contributed by atoms with Crippen molar-refractivity contribution in [1.29, 1.82) is 5.26 Å². The van der Waals surface area contributed by atoms with E-state index in [0.717, 1.165) is 12.8 Å². The number of carbonyl (C=O) groups excluding carboxylic acids is 1. The summed E-state index contributed by atoms with van der Waals surface area (Å²) in [4.78, 5) is 18.3. The highest BCUT2D eigenvalue weighted by Gasteiger charge is 2.25. The number of nitrogens with zero attached hydrogens (tertiary/aromatic N) is 3. The van der Waals surface area contributed by atoms with Gasteiger partial charge in [0.2, 0.25) is 0 Å². The van der Waals surface area contributed by atoms with Gasteiger partial charge in [0.1, 0.15) is 23.6 Å². The maximum atomic E-state index is 12.4. The third kappa shape index (κ3) is 3.66. The Morgan fingerprint density at radius 1 is 1.25 bits per heavy atom. The molecule has 2 heterocycles.